The highest BCUT2D eigenvalue weighted by Crippen LogP contribution is 2.29. The number of sulfonamides is 1. The van der Waals surface area contributed by atoms with Crippen LogP contribution in [-0.4, -0.2) is 15.0 Å². The number of anilines is 2. The van der Waals surface area contributed by atoms with Gasteiger partial charge in [0.05, 0.1) is 11.4 Å². The van der Waals surface area contributed by atoms with Crippen molar-refractivity contribution < 1.29 is 8.42 Å². The number of nitrogens with one attached hydrogen (secondary N) is 1. The molecule has 0 aliphatic carbocycles. The molecule has 5 nitrogen and oxygen atoms in total. The maximum absolute atomic E-state index is 11.4. The Kier molecular flexibility index (Phi) is 4.47. The summed E-state index contributed by atoms with van der Waals surface area (Å²) in [5, 5.41) is 8.30. The molecule has 0 aliphatic heterocycles. The molecule has 0 saturated carbocycles. The summed E-state index contributed by atoms with van der Waals surface area (Å²) in [5.41, 5.74) is 6.78. The molecule has 6 heteroatoms. The lowest BCUT2D eigenvalue weighted by molar-refractivity contribution is 0.274. The van der Waals surface area contributed by atoms with Gasteiger partial charge in [0, 0.05) is 6.54 Å². The van der Waals surface area contributed by atoms with Crippen molar-refractivity contribution in [1.82, 2.24) is 0 Å². The molecule has 0 fully saturated rings. The standard InChI is InChI=1S/C13H23N3O2S/c1-9(13(2,3)4)8-16-10-6-5-7-11(12(10)14)19(15,17)18/h5-7,9,16H,8,14H2,1-4H3,(H2,15,17,18). The molecule has 5 N–H and O–H groups in total. The maximum Gasteiger partial charge on any atom is 0.240 e. The van der Waals surface area contributed by atoms with E-state index in [1.807, 2.05) is 0 Å². The van der Waals surface area contributed by atoms with E-state index in [4.69, 9.17) is 10.9 Å². The number of nitrogens with two attached hydrogens (primary N) is 2. The van der Waals surface area contributed by atoms with E-state index in [0.29, 0.717) is 18.2 Å². The van der Waals surface area contributed by atoms with Crippen molar-refractivity contribution in [1.29, 1.82) is 0 Å². The first kappa shape index (κ1) is 15.8. The lowest BCUT2D eigenvalue weighted by atomic mass is 9.82. The fourth-order valence-electron chi connectivity index (χ4n) is 1.52. The SMILES string of the molecule is CC(CNc1cccc(S(N)(=O)=O)c1N)C(C)(C)C. The lowest BCUT2D eigenvalue weighted by Gasteiger charge is -2.28. The highest BCUT2D eigenvalue weighted by molar-refractivity contribution is 7.89. The summed E-state index contributed by atoms with van der Waals surface area (Å²) >= 11 is 0. The molecule has 0 radical (unpaired) electrons. The van der Waals surface area contributed by atoms with E-state index in [9.17, 15) is 8.42 Å². The fraction of sp³-hybridized carbons (Fsp3) is 0.538. The Balaban J connectivity index is 2.93. The van der Waals surface area contributed by atoms with E-state index < -0.39 is 10.0 Å². The van der Waals surface area contributed by atoms with Crippen LogP contribution in [-0.2, 0) is 10.0 Å². The average molecular weight is 285 g/mol. The summed E-state index contributed by atoms with van der Waals surface area (Å²) in [6, 6.07) is 4.78. The van der Waals surface area contributed by atoms with Gasteiger partial charge < -0.3 is 11.1 Å². The van der Waals surface area contributed by atoms with Crippen LogP contribution in [0.4, 0.5) is 11.4 Å². The molecule has 0 spiro atoms. The number of para-hydroxylation sites is 1. The number of hydrogen-bond donors (Lipinski definition) is 3. The van der Waals surface area contributed by atoms with Gasteiger partial charge in [0.15, 0.2) is 0 Å². The minimum absolute atomic E-state index is 0.0408. The third kappa shape index (κ3) is 4.11. The second-order valence-electron chi connectivity index (χ2n) is 5.91. The van der Waals surface area contributed by atoms with Crippen molar-refractivity contribution in [2.75, 3.05) is 17.6 Å². The number of hydrogen-bond acceptors (Lipinski definition) is 4. The summed E-state index contributed by atoms with van der Waals surface area (Å²) < 4.78 is 22.7. The molecular formula is C13H23N3O2S. The van der Waals surface area contributed by atoms with Gasteiger partial charge in [0.2, 0.25) is 10.0 Å². The molecule has 0 aliphatic rings. The highest BCUT2D eigenvalue weighted by atomic mass is 32.2. The zero-order valence-electron chi connectivity index (χ0n) is 11.9. The first-order chi connectivity index (χ1) is 8.53. The van der Waals surface area contributed by atoms with Gasteiger partial charge >= 0.3 is 0 Å². The van der Waals surface area contributed by atoms with Crippen LogP contribution in [0.5, 0.6) is 0 Å². The minimum atomic E-state index is -3.79. The molecule has 0 amide bonds. The number of primary sulfonamides is 1. The van der Waals surface area contributed by atoms with Crippen molar-refractivity contribution >= 4 is 21.4 Å². The molecule has 1 atom stereocenters. The van der Waals surface area contributed by atoms with E-state index in [0.717, 1.165) is 0 Å². The Morgan fingerprint density at radius 1 is 1.32 bits per heavy atom. The van der Waals surface area contributed by atoms with Crippen LogP contribution in [0.2, 0.25) is 0 Å². The van der Waals surface area contributed by atoms with Gasteiger partial charge in [-0.05, 0) is 23.5 Å². The summed E-state index contributed by atoms with van der Waals surface area (Å²) in [4.78, 5) is -0.0408. The predicted octanol–water partition coefficient (Wildman–Crippen LogP) is 2.01. The molecule has 1 unspecified atom stereocenters. The first-order valence-corrected chi connectivity index (χ1v) is 7.73. The summed E-state index contributed by atoms with van der Waals surface area (Å²) in [6.45, 7) is 9.31. The van der Waals surface area contributed by atoms with Crippen LogP contribution >= 0.6 is 0 Å². The van der Waals surface area contributed by atoms with Gasteiger partial charge in [0.1, 0.15) is 4.90 Å². The van der Waals surface area contributed by atoms with Gasteiger partial charge in [-0.1, -0.05) is 33.8 Å². The van der Waals surface area contributed by atoms with E-state index in [1.165, 1.54) is 6.07 Å². The Hall–Kier alpha value is -1.27. The molecule has 1 rings (SSSR count). The monoisotopic (exact) mass is 285 g/mol. The Labute approximate surface area is 115 Å². The van der Waals surface area contributed by atoms with E-state index in [1.54, 1.807) is 12.1 Å². The van der Waals surface area contributed by atoms with Crippen molar-refractivity contribution in [2.24, 2.45) is 16.5 Å². The van der Waals surface area contributed by atoms with Gasteiger partial charge in [0.25, 0.3) is 0 Å². The summed E-state index contributed by atoms with van der Waals surface area (Å²) in [5.74, 6) is 0.407. The smallest absolute Gasteiger partial charge is 0.240 e. The first-order valence-electron chi connectivity index (χ1n) is 6.18. The second kappa shape index (κ2) is 5.38. The Morgan fingerprint density at radius 3 is 2.37 bits per heavy atom. The van der Waals surface area contributed by atoms with Gasteiger partial charge in [-0.3, -0.25) is 0 Å². The van der Waals surface area contributed by atoms with Gasteiger partial charge in [-0.2, -0.15) is 0 Å². The lowest BCUT2D eigenvalue weighted by Crippen LogP contribution is -2.25. The largest absolute Gasteiger partial charge is 0.396 e. The third-order valence-electron chi connectivity index (χ3n) is 3.45. The summed E-state index contributed by atoms with van der Waals surface area (Å²) in [7, 11) is -3.79. The van der Waals surface area contributed by atoms with Crippen LogP contribution in [0.3, 0.4) is 0 Å². The zero-order valence-corrected chi connectivity index (χ0v) is 12.7. The van der Waals surface area contributed by atoms with Crippen LogP contribution in [0.15, 0.2) is 23.1 Å². The molecule has 19 heavy (non-hydrogen) atoms. The van der Waals surface area contributed by atoms with Gasteiger partial charge in [-0.25, -0.2) is 13.6 Å². The van der Waals surface area contributed by atoms with Crippen molar-refractivity contribution in [3.8, 4) is 0 Å². The van der Waals surface area contributed by atoms with E-state index in [2.05, 4.69) is 33.0 Å². The third-order valence-corrected chi connectivity index (χ3v) is 4.42. The van der Waals surface area contributed by atoms with E-state index in [-0.39, 0.29) is 16.0 Å². The van der Waals surface area contributed by atoms with E-state index >= 15 is 0 Å². The maximum atomic E-state index is 11.4. The summed E-state index contributed by atoms with van der Waals surface area (Å²) in [6.07, 6.45) is 0. The molecular weight excluding hydrogens is 262 g/mol. The van der Waals surface area contributed by atoms with Crippen LogP contribution in [0.1, 0.15) is 27.7 Å². The molecule has 1 aromatic rings. The molecule has 0 bridgehead atoms. The topological polar surface area (TPSA) is 98.2 Å². The highest BCUT2D eigenvalue weighted by Gasteiger charge is 2.20. The van der Waals surface area contributed by atoms with Crippen molar-refractivity contribution in [3.05, 3.63) is 18.2 Å². The van der Waals surface area contributed by atoms with Gasteiger partial charge in [-0.15, -0.1) is 0 Å². The Bertz CT molecular complexity index is 547. The minimum Gasteiger partial charge on any atom is -0.396 e. The van der Waals surface area contributed by atoms with Crippen molar-refractivity contribution in [3.63, 3.8) is 0 Å². The molecule has 0 saturated heterocycles. The number of benzene rings is 1. The van der Waals surface area contributed by atoms with Crippen molar-refractivity contribution in [2.45, 2.75) is 32.6 Å². The fourth-order valence-corrected chi connectivity index (χ4v) is 2.20. The van der Waals surface area contributed by atoms with Crippen LogP contribution < -0.4 is 16.2 Å². The molecule has 108 valence electrons. The number of rotatable bonds is 4. The second-order valence-corrected chi connectivity index (χ2v) is 7.44. The number of nitrogen functional groups attached to an aromatic ring is 1. The Morgan fingerprint density at radius 2 is 1.89 bits per heavy atom. The molecule has 0 heterocycles. The van der Waals surface area contributed by atoms with Crippen LogP contribution in [0, 0.1) is 11.3 Å². The van der Waals surface area contributed by atoms with Crippen LogP contribution in [0.25, 0.3) is 0 Å². The predicted molar refractivity (Wildman–Crippen MR) is 79.3 cm³/mol. The quantitative estimate of drug-likeness (QED) is 0.737. The zero-order chi connectivity index (χ0) is 14.8. The normalized spacial score (nSPS) is 14.2. The molecule has 1 aromatic carbocycles. The molecule has 0 aromatic heterocycles. The average Bonchev–Trinajstić information content (AvgIpc) is 2.24.